The molecule has 0 unspecified atom stereocenters. The zero-order valence-electron chi connectivity index (χ0n) is 14.0. The Kier molecular flexibility index (Phi) is 5.14. The third kappa shape index (κ3) is 3.99. The monoisotopic (exact) mass is 429 g/mol. The van der Waals surface area contributed by atoms with E-state index in [0.29, 0.717) is 0 Å². The molecule has 1 heterocycles. The van der Waals surface area contributed by atoms with Gasteiger partial charge in [0, 0.05) is 23.5 Å². The van der Waals surface area contributed by atoms with E-state index >= 15 is 0 Å². The van der Waals surface area contributed by atoms with Gasteiger partial charge in [0.1, 0.15) is 16.3 Å². The number of hydrogen-bond donors (Lipinski definition) is 4. The standard InChI is InChI=1S/C15H15N3O8S2/c19-14(20)9-17-7-2-8-18(16-17)12-6-5-10-11(15(12)28(24,25)26)3-1-4-13(10)27(21,22)23/h1-6,8,16H,7,9H2,(H,19,20)(H,21,22,23)(H,24,25,26). The van der Waals surface area contributed by atoms with E-state index in [9.17, 15) is 30.7 Å². The highest BCUT2D eigenvalue weighted by Crippen LogP contribution is 2.35. The predicted molar refractivity (Wildman–Crippen MR) is 97.5 cm³/mol. The number of carboxylic acid groups (broad SMARTS) is 1. The van der Waals surface area contributed by atoms with Crippen molar-refractivity contribution in [1.29, 1.82) is 0 Å². The molecule has 2 aromatic rings. The van der Waals surface area contributed by atoms with Crippen molar-refractivity contribution in [3.63, 3.8) is 0 Å². The van der Waals surface area contributed by atoms with Gasteiger partial charge >= 0.3 is 5.97 Å². The van der Waals surface area contributed by atoms with Crippen LogP contribution < -0.4 is 10.5 Å². The van der Waals surface area contributed by atoms with E-state index in [-0.39, 0.29) is 29.5 Å². The molecule has 4 N–H and O–H groups in total. The van der Waals surface area contributed by atoms with Crippen LogP contribution >= 0.6 is 0 Å². The Balaban J connectivity index is 2.23. The molecule has 0 spiro atoms. The fraction of sp³-hybridized carbons (Fsp3) is 0.133. The fourth-order valence-electron chi connectivity index (χ4n) is 2.88. The molecule has 0 saturated heterocycles. The lowest BCUT2D eigenvalue weighted by Crippen LogP contribution is -2.52. The Labute approximate surface area is 159 Å². The van der Waals surface area contributed by atoms with Crippen molar-refractivity contribution in [2.24, 2.45) is 0 Å². The number of carboxylic acids is 1. The first-order valence-corrected chi connectivity index (χ1v) is 10.6. The first kappa shape index (κ1) is 20.2. The number of nitrogens with zero attached hydrogens (tertiary/aromatic N) is 2. The zero-order chi connectivity index (χ0) is 20.7. The topological polar surface area (TPSA) is 165 Å². The zero-order valence-corrected chi connectivity index (χ0v) is 15.7. The molecule has 0 amide bonds. The van der Waals surface area contributed by atoms with Crippen LogP contribution in [0.4, 0.5) is 5.69 Å². The highest BCUT2D eigenvalue weighted by Gasteiger charge is 2.27. The van der Waals surface area contributed by atoms with E-state index in [1.807, 2.05) is 0 Å². The molecule has 0 saturated carbocycles. The molecule has 0 bridgehead atoms. The van der Waals surface area contributed by atoms with Gasteiger partial charge in [0.25, 0.3) is 20.2 Å². The Hall–Kier alpha value is -2.55. The number of hydrazine groups is 2. The predicted octanol–water partition coefficient (Wildman–Crippen LogP) is 0.473. The number of rotatable bonds is 5. The van der Waals surface area contributed by atoms with E-state index in [1.165, 1.54) is 40.5 Å². The summed E-state index contributed by atoms with van der Waals surface area (Å²) in [6.45, 7) is -0.160. The van der Waals surface area contributed by atoms with Crippen LogP contribution in [0.1, 0.15) is 0 Å². The number of hydrogen-bond acceptors (Lipinski definition) is 8. The van der Waals surface area contributed by atoms with E-state index < -0.39 is 36.0 Å². The van der Waals surface area contributed by atoms with Crippen LogP contribution in [0.3, 0.4) is 0 Å². The Bertz CT molecular complexity index is 1190. The van der Waals surface area contributed by atoms with Crippen molar-refractivity contribution in [2.75, 3.05) is 18.1 Å². The van der Waals surface area contributed by atoms with Gasteiger partial charge in [0.15, 0.2) is 0 Å². The molecule has 0 radical (unpaired) electrons. The van der Waals surface area contributed by atoms with Crippen LogP contribution in [0.15, 0.2) is 52.4 Å². The lowest BCUT2D eigenvalue weighted by atomic mass is 10.1. The third-order valence-electron chi connectivity index (χ3n) is 3.90. The van der Waals surface area contributed by atoms with Crippen molar-refractivity contribution in [2.45, 2.75) is 9.79 Å². The molecule has 0 atom stereocenters. The molecule has 11 nitrogen and oxygen atoms in total. The van der Waals surface area contributed by atoms with Crippen LogP contribution in [0.25, 0.3) is 10.8 Å². The molecule has 13 heteroatoms. The van der Waals surface area contributed by atoms with E-state index in [2.05, 4.69) is 5.53 Å². The number of anilines is 1. The van der Waals surface area contributed by atoms with Gasteiger partial charge < -0.3 is 5.11 Å². The van der Waals surface area contributed by atoms with E-state index in [0.717, 1.165) is 6.07 Å². The van der Waals surface area contributed by atoms with Crippen LogP contribution in [0.5, 0.6) is 0 Å². The SMILES string of the molecule is O=C(O)CN1CC=CN(c2ccc3c(S(=O)(=O)O)cccc3c2S(=O)(=O)O)N1. The highest BCUT2D eigenvalue weighted by atomic mass is 32.2. The second-order valence-electron chi connectivity index (χ2n) is 5.84. The minimum Gasteiger partial charge on any atom is -0.480 e. The van der Waals surface area contributed by atoms with Crippen molar-refractivity contribution in [3.05, 3.63) is 42.6 Å². The number of nitrogens with one attached hydrogen (secondary N) is 1. The minimum absolute atomic E-state index is 0.0752. The van der Waals surface area contributed by atoms with Crippen LogP contribution in [-0.4, -0.2) is 55.1 Å². The Morgan fingerprint density at radius 1 is 1.04 bits per heavy atom. The first-order chi connectivity index (χ1) is 13.0. The lowest BCUT2D eigenvalue weighted by molar-refractivity contribution is -0.139. The fourth-order valence-corrected chi connectivity index (χ4v) is 4.47. The maximum absolute atomic E-state index is 12.1. The summed E-state index contributed by atoms with van der Waals surface area (Å²) in [6, 6.07) is 6.09. The molecule has 1 aliphatic rings. The lowest BCUT2D eigenvalue weighted by Gasteiger charge is -2.33. The summed E-state index contributed by atoms with van der Waals surface area (Å²) < 4.78 is 66.5. The summed E-state index contributed by atoms with van der Waals surface area (Å²) in [5.74, 6) is -1.12. The Morgan fingerprint density at radius 3 is 2.36 bits per heavy atom. The highest BCUT2D eigenvalue weighted by molar-refractivity contribution is 7.86. The number of benzene rings is 2. The van der Waals surface area contributed by atoms with Crippen LogP contribution in [0, 0.1) is 0 Å². The maximum atomic E-state index is 12.1. The number of aliphatic carboxylic acids is 1. The summed E-state index contributed by atoms with van der Waals surface area (Å²) in [4.78, 5) is 9.78. The molecule has 1 aliphatic heterocycles. The molecule has 150 valence electrons. The minimum atomic E-state index is -4.84. The molecular weight excluding hydrogens is 414 g/mol. The van der Waals surface area contributed by atoms with Crippen LogP contribution in [-0.2, 0) is 25.0 Å². The molecular formula is C15H15N3O8S2. The smallest absolute Gasteiger partial charge is 0.319 e. The summed E-state index contributed by atoms with van der Waals surface area (Å²) in [5.41, 5.74) is 2.60. The van der Waals surface area contributed by atoms with Gasteiger partial charge in [-0.05, 0) is 12.1 Å². The van der Waals surface area contributed by atoms with Crippen molar-refractivity contribution in [1.82, 2.24) is 10.5 Å². The largest absolute Gasteiger partial charge is 0.480 e. The second kappa shape index (κ2) is 7.12. The van der Waals surface area contributed by atoms with Gasteiger partial charge in [0.05, 0.1) is 5.69 Å². The summed E-state index contributed by atoms with van der Waals surface area (Å²) in [7, 11) is -9.48. The number of fused-ring (bicyclic) bond motifs is 1. The van der Waals surface area contributed by atoms with Crippen molar-refractivity contribution >= 4 is 42.7 Å². The third-order valence-corrected chi connectivity index (χ3v) is 5.76. The first-order valence-electron chi connectivity index (χ1n) is 7.68. The average molecular weight is 429 g/mol. The maximum Gasteiger partial charge on any atom is 0.319 e. The summed E-state index contributed by atoms with van der Waals surface area (Å²) in [6.07, 6.45) is 2.99. The summed E-state index contributed by atoms with van der Waals surface area (Å²) >= 11 is 0. The number of carbonyl (C=O) groups is 1. The van der Waals surface area contributed by atoms with Crippen molar-refractivity contribution in [3.8, 4) is 0 Å². The van der Waals surface area contributed by atoms with Crippen LogP contribution in [0.2, 0.25) is 0 Å². The molecule has 0 aromatic heterocycles. The average Bonchev–Trinajstić information content (AvgIpc) is 2.58. The van der Waals surface area contributed by atoms with E-state index in [4.69, 9.17) is 5.11 Å². The quantitative estimate of drug-likeness (QED) is 0.488. The molecule has 2 aromatic carbocycles. The second-order valence-corrected chi connectivity index (χ2v) is 8.59. The van der Waals surface area contributed by atoms with Gasteiger partial charge in [-0.25, -0.2) is 5.01 Å². The molecule has 28 heavy (non-hydrogen) atoms. The normalized spacial score (nSPS) is 15.9. The Morgan fingerprint density at radius 2 is 1.75 bits per heavy atom. The molecule has 0 aliphatic carbocycles. The van der Waals surface area contributed by atoms with Gasteiger partial charge in [0.2, 0.25) is 0 Å². The van der Waals surface area contributed by atoms with Gasteiger partial charge in [-0.1, -0.05) is 24.3 Å². The van der Waals surface area contributed by atoms with E-state index in [1.54, 1.807) is 6.08 Å². The summed E-state index contributed by atoms with van der Waals surface area (Å²) in [5, 5.41) is 11.1. The van der Waals surface area contributed by atoms with Gasteiger partial charge in [-0.2, -0.15) is 22.4 Å². The van der Waals surface area contributed by atoms with Crippen molar-refractivity contribution < 1.29 is 35.8 Å². The molecule has 3 rings (SSSR count). The van der Waals surface area contributed by atoms with Gasteiger partial charge in [-0.3, -0.25) is 18.9 Å². The molecule has 0 fully saturated rings. The van der Waals surface area contributed by atoms with Gasteiger partial charge in [-0.15, -0.1) is 0 Å².